The average Bonchev–Trinajstić information content (AvgIpc) is 3.25. The maximum atomic E-state index is 13.4. The fourth-order valence-corrected chi connectivity index (χ4v) is 5.93. The van der Waals surface area contributed by atoms with Crippen LogP contribution in [-0.2, 0) is 6.54 Å². The van der Waals surface area contributed by atoms with E-state index in [9.17, 15) is 9.18 Å². The highest BCUT2D eigenvalue weighted by molar-refractivity contribution is 5.99. The lowest BCUT2D eigenvalue weighted by Gasteiger charge is -2.48. The van der Waals surface area contributed by atoms with E-state index in [1.165, 1.54) is 28.9 Å². The van der Waals surface area contributed by atoms with Gasteiger partial charge in [-0.25, -0.2) is 4.39 Å². The molecule has 202 valence electrons. The van der Waals surface area contributed by atoms with Crippen LogP contribution in [0.1, 0.15) is 31.1 Å². The first kappa shape index (κ1) is 25.6. The topological polar surface area (TPSA) is 31.7 Å². The number of halogens is 1. The number of hydrogen-bond acceptors (Lipinski definition) is 3. The number of nitrogens with zero attached hydrogens (tertiary/aromatic N) is 4. The van der Waals surface area contributed by atoms with E-state index in [0.29, 0.717) is 6.04 Å². The van der Waals surface area contributed by atoms with Gasteiger partial charge in [0.15, 0.2) is 0 Å². The van der Waals surface area contributed by atoms with Gasteiger partial charge in [-0.2, -0.15) is 0 Å². The van der Waals surface area contributed by atoms with Crippen LogP contribution < -0.4 is 4.90 Å². The Morgan fingerprint density at radius 1 is 0.872 bits per heavy atom. The van der Waals surface area contributed by atoms with E-state index in [2.05, 4.69) is 77.6 Å². The summed E-state index contributed by atoms with van der Waals surface area (Å²) in [6, 6.07) is 26.1. The Labute approximate surface area is 230 Å². The van der Waals surface area contributed by atoms with Crippen molar-refractivity contribution >= 4 is 22.5 Å². The molecule has 6 heteroatoms. The molecule has 0 atom stereocenters. The highest BCUT2D eigenvalue weighted by Gasteiger charge is 2.36. The van der Waals surface area contributed by atoms with Crippen molar-refractivity contribution in [1.29, 1.82) is 0 Å². The van der Waals surface area contributed by atoms with Crippen molar-refractivity contribution in [3.05, 3.63) is 90.2 Å². The first-order valence-electron chi connectivity index (χ1n) is 14.0. The van der Waals surface area contributed by atoms with Crippen molar-refractivity contribution in [2.24, 2.45) is 5.41 Å². The van der Waals surface area contributed by atoms with Gasteiger partial charge in [0, 0.05) is 79.7 Å². The standard InChI is InChI=1S/C33H37FN4O/c1-33(2,3)23-38-30-14-9-25(19-26(30)20-31(38)24-7-5-4-6-8-24)32(39)37-21-29(22-37)36-17-15-35(16-18-36)28-12-10-27(34)11-13-28/h4-14,19-20,29H,15-18,21-23H2,1-3H3. The van der Waals surface area contributed by atoms with Crippen LogP contribution in [0.2, 0.25) is 0 Å². The molecule has 2 saturated heterocycles. The molecule has 0 unspecified atom stereocenters. The predicted molar refractivity (Wildman–Crippen MR) is 157 cm³/mol. The van der Waals surface area contributed by atoms with Crippen LogP contribution >= 0.6 is 0 Å². The second-order valence-electron chi connectivity index (χ2n) is 12.2. The van der Waals surface area contributed by atoms with Crippen molar-refractivity contribution in [3.8, 4) is 11.3 Å². The molecule has 1 aromatic heterocycles. The molecule has 0 aliphatic carbocycles. The Bertz CT molecular complexity index is 1460. The summed E-state index contributed by atoms with van der Waals surface area (Å²) in [4.78, 5) is 20.2. The van der Waals surface area contributed by atoms with Crippen LogP contribution in [0.5, 0.6) is 0 Å². The summed E-state index contributed by atoms with van der Waals surface area (Å²) in [6.45, 7) is 13.0. The molecule has 6 rings (SSSR count). The van der Waals surface area contributed by atoms with Crippen molar-refractivity contribution in [2.45, 2.75) is 33.4 Å². The van der Waals surface area contributed by atoms with Crippen LogP contribution in [0.25, 0.3) is 22.2 Å². The highest BCUT2D eigenvalue weighted by Crippen LogP contribution is 2.33. The monoisotopic (exact) mass is 524 g/mol. The number of fused-ring (bicyclic) bond motifs is 1. The summed E-state index contributed by atoms with van der Waals surface area (Å²) in [5, 5.41) is 1.11. The van der Waals surface area contributed by atoms with Gasteiger partial charge in [0.2, 0.25) is 0 Å². The average molecular weight is 525 g/mol. The molecule has 0 saturated carbocycles. The summed E-state index contributed by atoms with van der Waals surface area (Å²) in [5.41, 5.74) is 5.50. The molecular formula is C33H37FN4O. The number of amides is 1. The van der Waals surface area contributed by atoms with Gasteiger partial charge in [-0.3, -0.25) is 9.69 Å². The Morgan fingerprint density at radius 2 is 1.56 bits per heavy atom. The maximum absolute atomic E-state index is 13.4. The number of aromatic nitrogens is 1. The van der Waals surface area contributed by atoms with Crippen molar-refractivity contribution in [3.63, 3.8) is 0 Å². The fraction of sp³-hybridized carbons (Fsp3) is 0.364. The molecule has 4 aromatic rings. The van der Waals surface area contributed by atoms with Crippen LogP contribution in [0.15, 0.2) is 78.9 Å². The number of hydrogen-bond donors (Lipinski definition) is 0. The molecule has 39 heavy (non-hydrogen) atoms. The molecule has 3 aromatic carbocycles. The molecule has 2 aliphatic rings. The zero-order valence-corrected chi connectivity index (χ0v) is 23.1. The third kappa shape index (κ3) is 5.30. The molecule has 0 bridgehead atoms. The molecule has 0 spiro atoms. The second kappa shape index (κ2) is 10.2. The second-order valence-corrected chi connectivity index (χ2v) is 12.2. The van der Waals surface area contributed by atoms with Gasteiger partial charge in [-0.15, -0.1) is 0 Å². The van der Waals surface area contributed by atoms with Gasteiger partial charge in [0.1, 0.15) is 5.82 Å². The lowest BCUT2D eigenvalue weighted by molar-refractivity contribution is 0.0247. The van der Waals surface area contributed by atoms with Crippen molar-refractivity contribution < 1.29 is 9.18 Å². The lowest BCUT2D eigenvalue weighted by atomic mass is 9.96. The lowest BCUT2D eigenvalue weighted by Crippen LogP contribution is -2.64. The van der Waals surface area contributed by atoms with E-state index in [0.717, 1.165) is 62.5 Å². The SMILES string of the molecule is CC(C)(C)Cn1c(-c2ccccc2)cc2cc(C(=O)N3CC(N4CCN(c5ccc(F)cc5)CC4)C3)ccc21. The van der Waals surface area contributed by atoms with Crippen LogP contribution in [0, 0.1) is 11.2 Å². The summed E-state index contributed by atoms with van der Waals surface area (Å²) >= 11 is 0. The Balaban J connectivity index is 1.13. The van der Waals surface area contributed by atoms with Crippen LogP contribution in [0.4, 0.5) is 10.1 Å². The Hall–Kier alpha value is -3.64. The van der Waals surface area contributed by atoms with E-state index in [4.69, 9.17) is 0 Å². The molecular weight excluding hydrogens is 487 g/mol. The van der Waals surface area contributed by atoms with E-state index >= 15 is 0 Å². The van der Waals surface area contributed by atoms with E-state index < -0.39 is 0 Å². The van der Waals surface area contributed by atoms with Crippen molar-refractivity contribution in [1.82, 2.24) is 14.4 Å². The van der Waals surface area contributed by atoms with Gasteiger partial charge in [0.25, 0.3) is 5.91 Å². The van der Waals surface area contributed by atoms with E-state index in [1.807, 2.05) is 29.2 Å². The third-order valence-corrected chi connectivity index (χ3v) is 8.02. The van der Waals surface area contributed by atoms with Gasteiger partial charge < -0.3 is 14.4 Å². The molecule has 0 N–H and O–H groups in total. The predicted octanol–water partition coefficient (Wildman–Crippen LogP) is 6.14. The first-order valence-corrected chi connectivity index (χ1v) is 14.0. The molecule has 2 fully saturated rings. The van der Waals surface area contributed by atoms with Gasteiger partial charge in [-0.05, 0) is 59.5 Å². The minimum atomic E-state index is -0.199. The quantitative estimate of drug-likeness (QED) is 0.314. The maximum Gasteiger partial charge on any atom is 0.253 e. The van der Waals surface area contributed by atoms with Gasteiger partial charge >= 0.3 is 0 Å². The Morgan fingerprint density at radius 3 is 2.23 bits per heavy atom. The normalized spacial score (nSPS) is 17.0. The molecule has 1 amide bonds. The minimum Gasteiger partial charge on any atom is -0.369 e. The summed E-state index contributed by atoms with van der Waals surface area (Å²) in [7, 11) is 0. The Kier molecular flexibility index (Phi) is 6.67. The largest absolute Gasteiger partial charge is 0.369 e. The summed E-state index contributed by atoms with van der Waals surface area (Å²) in [6.07, 6.45) is 0. The summed E-state index contributed by atoms with van der Waals surface area (Å²) in [5.74, 6) is -0.0854. The number of carbonyl (C=O) groups excluding carboxylic acids is 1. The van der Waals surface area contributed by atoms with Crippen molar-refractivity contribution in [2.75, 3.05) is 44.2 Å². The number of likely N-dealkylation sites (tertiary alicyclic amines) is 1. The zero-order chi connectivity index (χ0) is 27.1. The molecule has 2 aliphatic heterocycles. The van der Waals surface area contributed by atoms with Gasteiger partial charge in [0.05, 0.1) is 0 Å². The number of carbonyl (C=O) groups is 1. The smallest absolute Gasteiger partial charge is 0.253 e. The van der Waals surface area contributed by atoms with E-state index in [1.54, 1.807) is 0 Å². The number of anilines is 1. The highest BCUT2D eigenvalue weighted by atomic mass is 19.1. The molecule has 3 heterocycles. The minimum absolute atomic E-state index is 0.114. The van der Waals surface area contributed by atoms with Crippen LogP contribution in [-0.4, -0.2) is 65.6 Å². The fourth-order valence-electron chi connectivity index (χ4n) is 5.93. The number of benzene rings is 3. The van der Waals surface area contributed by atoms with Gasteiger partial charge in [-0.1, -0.05) is 51.1 Å². The third-order valence-electron chi connectivity index (χ3n) is 8.02. The number of piperazine rings is 1. The number of rotatable bonds is 5. The van der Waals surface area contributed by atoms with Crippen LogP contribution in [0.3, 0.4) is 0 Å². The van der Waals surface area contributed by atoms with E-state index in [-0.39, 0.29) is 17.1 Å². The summed E-state index contributed by atoms with van der Waals surface area (Å²) < 4.78 is 15.7. The first-order chi connectivity index (χ1) is 18.7. The zero-order valence-electron chi connectivity index (χ0n) is 23.1. The molecule has 5 nitrogen and oxygen atoms in total. The molecule has 0 radical (unpaired) electrons.